The molecule has 5 nitrogen and oxygen atoms in total. The van der Waals surface area contributed by atoms with Crippen LogP contribution in [0.15, 0.2) is 84.3 Å². The van der Waals surface area contributed by atoms with Crippen molar-refractivity contribution in [1.29, 1.82) is 0 Å². The van der Waals surface area contributed by atoms with Crippen LogP contribution in [-0.4, -0.2) is 21.5 Å². The van der Waals surface area contributed by atoms with Crippen LogP contribution < -0.4 is 4.72 Å². The third-order valence-electron chi connectivity index (χ3n) is 4.00. The van der Waals surface area contributed by atoms with E-state index in [1.54, 1.807) is 48.5 Å². The van der Waals surface area contributed by atoms with E-state index in [4.69, 9.17) is 4.74 Å². The summed E-state index contributed by atoms with van der Waals surface area (Å²) < 4.78 is 31.9. The van der Waals surface area contributed by atoms with Crippen LogP contribution in [-0.2, 0) is 14.8 Å². The zero-order chi connectivity index (χ0) is 21.4. The van der Waals surface area contributed by atoms with Crippen LogP contribution in [0.3, 0.4) is 0 Å². The van der Waals surface area contributed by atoms with Gasteiger partial charge in [0.1, 0.15) is 0 Å². The third-order valence-corrected chi connectivity index (χ3v) is 5.01. The SMILES string of the molecule is COC(=O)c1cccc(C#Cc2cccc(NS(=O)(=O)/C=C/c3ccccc3)c2)c1. The first-order valence-corrected chi connectivity index (χ1v) is 10.6. The molecule has 0 spiro atoms. The smallest absolute Gasteiger partial charge is 0.337 e. The van der Waals surface area contributed by atoms with Gasteiger partial charge in [-0.05, 0) is 48.0 Å². The van der Waals surface area contributed by atoms with Crippen molar-refractivity contribution in [3.05, 3.63) is 107 Å². The van der Waals surface area contributed by atoms with Gasteiger partial charge in [-0.25, -0.2) is 13.2 Å². The molecule has 0 aliphatic rings. The fraction of sp³-hybridized carbons (Fsp3) is 0.0417. The summed E-state index contributed by atoms with van der Waals surface area (Å²) in [7, 11) is -2.34. The van der Waals surface area contributed by atoms with Crippen LogP contribution in [0.2, 0.25) is 0 Å². The molecule has 0 atom stereocenters. The molecule has 0 aliphatic carbocycles. The molecular weight excluding hydrogens is 398 g/mol. The molecule has 1 N–H and O–H groups in total. The van der Waals surface area contributed by atoms with Crippen molar-refractivity contribution < 1.29 is 17.9 Å². The van der Waals surface area contributed by atoms with Gasteiger partial charge in [0.25, 0.3) is 10.0 Å². The van der Waals surface area contributed by atoms with Gasteiger partial charge in [-0.2, -0.15) is 0 Å². The summed E-state index contributed by atoms with van der Waals surface area (Å²) in [5.41, 5.74) is 2.89. The summed E-state index contributed by atoms with van der Waals surface area (Å²) >= 11 is 0. The van der Waals surface area contributed by atoms with Crippen molar-refractivity contribution in [2.24, 2.45) is 0 Å². The Kier molecular flexibility index (Phi) is 6.68. The van der Waals surface area contributed by atoms with Crippen LogP contribution in [0, 0.1) is 11.8 Å². The number of hydrogen-bond donors (Lipinski definition) is 1. The first kappa shape index (κ1) is 20.9. The molecular formula is C24H19NO4S. The highest BCUT2D eigenvalue weighted by Crippen LogP contribution is 2.14. The van der Waals surface area contributed by atoms with Gasteiger partial charge in [0.15, 0.2) is 0 Å². The summed E-state index contributed by atoms with van der Waals surface area (Å²) in [4.78, 5) is 11.6. The Labute approximate surface area is 176 Å². The van der Waals surface area contributed by atoms with Gasteiger partial charge < -0.3 is 4.74 Å². The van der Waals surface area contributed by atoms with E-state index in [9.17, 15) is 13.2 Å². The number of sulfonamides is 1. The number of carbonyl (C=O) groups is 1. The molecule has 0 bridgehead atoms. The second-order valence-corrected chi connectivity index (χ2v) is 7.83. The average molecular weight is 417 g/mol. The fourth-order valence-corrected chi connectivity index (χ4v) is 3.44. The highest BCUT2D eigenvalue weighted by molar-refractivity contribution is 7.95. The number of hydrogen-bond acceptors (Lipinski definition) is 4. The lowest BCUT2D eigenvalue weighted by Crippen LogP contribution is -2.08. The Bertz CT molecular complexity index is 1240. The lowest BCUT2D eigenvalue weighted by atomic mass is 10.1. The average Bonchev–Trinajstić information content (AvgIpc) is 2.77. The van der Waals surface area contributed by atoms with Crippen molar-refractivity contribution in [1.82, 2.24) is 0 Å². The van der Waals surface area contributed by atoms with E-state index in [1.807, 2.05) is 30.3 Å². The van der Waals surface area contributed by atoms with Crippen molar-refractivity contribution in [3.8, 4) is 11.8 Å². The summed E-state index contributed by atoms with van der Waals surface area (Å²) in [6.45, 7) is 0. The number of nitrogens with one attached hydrogen (secondary N) is 1. The van der Waals surface area contributed by atoms with Gasteiger partial charge in [-0.1, -0.05) is 54.3 Å². The van der Waals surface area contributed by atoms with E-state index < -0.39 is 16.0 Å². The highest BCUT2D eigenvalue weighted by Gasteiger charge is 2.06. The second kappa shape index (κ2) is 9.59. The lowest BCUT2D eigenvalue weighted by Gasteiger charge is -2.04. The molecule has 0 saturated carbocycles. The third kappa shape index (κ3) is 6.09. The Morgan fingerprint density at radius 3 is 2.27 bits per heavy atom. The van der Waals surface area contributed by atoms with Gasteiger partial charge in [0, 0.05) is 11.1 Å². The van der Waals surface area contributed by atoms with Crippen molar-refractivity contribution in [2.75, 3.05) is 11.8 Å². The molecule has 0 aliphatic heterocycles. The maximum absolute atomic E-state index is 12.3. The van der Waals surface area contributed by atoms with Gasteiger partial charge in [0.05, 0.1) is 23.8 Å². The molecule has 6 heteroatoms. The molecule has 3 aromatic carbocycles. The number of ether oxygens (including phenoxy) is 1. The maximum Gasteiger partial charge on any atom is 0.337 e. The number of methoxy groups -OCH3 is 1. The molecule has 3 rings (SSSR count). The van der Waals surface area contributed by atoms with Gasteiger partial charge in [0.2, 0.25) is 0 Å². The lowest BCUT2D eigenvalue weighted by molar-refractivity contribution is 0.0600. The Balaban J connectivity index is 1.75. The van der Waals surface area contributed by atoms with Crippen LogP contribution in [0.1, 0.15) is 27.0 Å². The zero-order valence-electron chi connectivity index (χ0n) is 16.2. The minimum absolute atomic E-state index is 0.405. The number of benzene rings is 3. The molecule has 150 valence electrons. The molecule has 0 fully saturated rings. The van der Waals surface area contributed by atoms with Crippen LogP contribution >= 0.6 is 0 Å². The molecule has 0 aromatic heterocycles. The number of carbonyl (C=O) groups excluding carboxylic acids is 1. The summed E-state index contributed by atoms with van der Waals surface area (Å²) in [5.74, 6) is 5.51. The number of rotatable bonds is 5. The van der Waals surface area contributed by atoms with Crippen LogP contribution in [0.5, 0.6) is 0 Å². The van der Waals surface area contributed by atoms with E-state index in [1.165, 1.54) is 13.2 Å². The second-order valence-electron chi connectivity index (χ2n) is 6.26. The molecule has 0 saturated heterocycles. The zero-order valence-corrected chi connectivity index (χ0v) is 17.0. The summed E-state index contributed by atoms with van der Waals surface area (Å²) in [6.07, 6.45) is 1.53. The van der Waals surface area contributed by atoms with E-state index in [0.717, 1.165) is 11.0 Å². The molecule has 0 unspecified atom stereocenters. The maximum atomic E-state index is 12.3. The van der Waals surface area contributed by atoms with Gasteiger partial charge in [-0.15, -0.1) is 0 Å². The topological polar surface area (TPSA) is 72.5 Å². The van der Waals surface area contributed by atoms with E-state index in [0.29, 0.717) is 22.4 Å². The Morgan fingerprint density at radius 2 is 1.57 bits per heavy atom. The van der Waals surface area contributed by atoms with E-state index >= 15 is 0 Å². The summed E-state index contributed by atoms with van der Waals surface area (Å²) in [6, 6.07) is 22.7. The van der Waals surface area contributed by atoms with Crippen LogP contribution in [0.4, 0.5) is 5.69 Å². The Hall–Kier alpha value is -3.82. The highest BCUT2D eigenvalue weighted by atomic mass is 32.2. The number of esters is 1. The molecule has 0 heterocycles. The monoisotopic (exact) mass is 417 g/mol. The molecule has 0 amide bonds. The largest absolute Gasteiger partial charge is 0.465 e. The Morgan fingerprint density at radius 1 is 0.900 bits per heavy atom. The summed E-state index contributed by atoms with van der Waals surface area (Å²) in [5, 5.41) is 1.12. The first-order valence-electron chi connectivity index (χ1n) is 9.02. The molecule has 3 aromatic rings. The van der Waals surface area contributed by atoms with Gasteiger partial charge in [-0.3, -0.25) is 4.72 Å². The number of anilines is 1. The standard InChI is InChI=1S/C24H19NO4S/c1-29-24(26)22-11-5-9-20(17-22)13-14-21-10-6-12-23(18-21)25-30(27,28)16-15-19-7-3-2-4-8-19/h2-12,15-18,25H,1H3/b16-15+. The van der Waals surface area contributed by atoms with E-state index in [2.05, 4.69) is 16.6 Å². The predicted octanol–water partition coefficient (Wildman–Crippen LogP) is 4.29. The molecule has 0 radical (unpaired) electrons. The predicted molar refractivity (Wildman–Crippen MR) is 118 cm³/mol. The van der Waals surface area contributed by atoms with Crippen molar-refractivity contribution in [3.63, 3.8) is 0 Å². The normalized spacial score (nSPS) is 10.8. The molecule has 30 heavy (non-hydrogen) atoms. The van der Waals surface area contributed by atoms with Crippen LogP contribution in [0.25, 0.3) is 6.08 Å². The van der Waals surface area contributed by atoms with E-state index in [-0.39, 0.29) is 0 Å². The van der Waals surface area contributed by atoms with Gasteiger partial charge >= 0.3 is 5.97 Å². The minimum Gasteiger partial charge on any atom is -0.465 e. The fourth-order valence-electron chi connectivity index (χ4n) is 2.58. The first-order chi connectivity index (χ1) is 14.4. The minimum atomic E-state index is -3.66. The van der Waals surface area contributed by atoms with Crippen molar-refractivity contribution >= 4 is 27.8 Å². The quantitative estimate of drug-likeness (QED) is 0.497. The van der Waals surface area contributed by atoms with Crippen molar-refractivity contribution in [2.45, 2.75) is 0 Å².